The number of carboxylic acid groups (broad SMARTS) is 1. The maximum atomic E-state index is 10.0. The molecule has 0 spiro atoms. The van der Waals surface area contributed by atoms with Crippen molar-refractivity contribution in [3.63, 3.8) is 0 Å². The van der Waals surface area contributed by atoms with E-state index in [9.17, 15) is 4.79 Å². The van der Waals surface area contributed by atoms with Gasteiger partial charge < -0.3 is 20.1 Å². The molecule has 5 heteroatoms. The van der Waals surface area contributed by atoms with Crippen LogP contribution in [-0.4, -0.2) is 43.9 Å². The molecule has 1 aliphatic heterocycles. The van der Waals surface area contributed by atoms with Gasteiger partial charge in [-0.05, 0) is 49.9 Å². The van der Waals surface area contributed by atoms with Gasteiger partial charge in [0.05, 0.1) is 13.2 Å². The number of aryl methyl sites for hydroxylation is 2. The number of aliphatic carboxylic acids is 1. The highest BCUT2D eigenvalue weighted by Crippen LogP contribution is 2.27. The lowest BCUT2D eigenvalue weighted by Gasteiger charge is -2.30. The molecular formula is C30H54N2O3. The molecule has 1 heterocycles. The normalized spacial score (nSPS) is 13.3. The summed E-state index contributed by atoms with van der Waals surface area (Å²) in [7, 11) is 0. The molecule has 0 atom stereocenters. The van der Waals surface area contributed by atoms with E-state index in [1.807, 2.05) is 0 Å². The first-order chi connectivity index (χ1) is 17.0. The Morgan fingerprint density at radius 1 is 0.829 bits per heavy atom. The van der Waals surface area contributed by atoms with E-state index >= 15 is 0 Å². The molecule has 0 bridgehead atoms. The molecule has 2 N–H and O–H groups in total. The number of hydrogen-bond donors (Lipinski definition) is 2. The number of benzene rings is 1. The van der Waals surface area contributed by atoms with Crippen LogP contribution in [0.1, 0.15) is 115 Å². The van der Waals surface area contributed by atoms with Gasteiger partial charge in [-0.25, -0.2) is 0 Å². The zero-order valence-corrected chi connectivity index (χ0v) is 23.3. The number of anilines is 2. The lowest BCUT2D eigenvalue weighted by Crippen LogP contribution is -2.36. The SMILES string of the molecule is CCCCCCCC(=O)O.CCCCCCCCCCNc1c(C)cc(N2CCOCC2)cc1C. The van der Waals surface area contributed by atoms with Gasteiger partial charge in [-0.1, -0.05) is 84.5 Å². The minimum absolute atomic E-state index is 0.337. The molecule has 2 rings (SSSR count). The highest BCUT2D eigenvalue weighted by molar-refractivity contribution is 5.66. The first-order valence-corrected chi connectivity index (χ1v) is 14.4. The van der Waals surface area contributed by atoms with E-state index in [1.54, 1.807) is 0 Å². The van der Waals surface area contributed by atoms with Crippen LogP contribution in [0.25, 0.3) is 0 Å². The predicted octanol–water partition coefficient (Wildman–Crippen LogP) is 8.12. The van der Waals surface area contributed by atoms with Gasteiger partial charge in [-0.2, -0.15) is 0 Å². The van der Waals surface area contributed by atoms with Crippen LogP contribution in [0.15, 0.2) is 12.1 Å². The second-order valence-electron chi connectivity index (χ2n) is 10.0. The molecule has 1 aromatic carbocycles. The van der Waals surface area contributed by atoms with Gasteiger partial charge in [0.25, 0.3) is 0 Å². The molecule has 0 saturated carbocycles. The fraction of sp³-hybridized carbons (Fsp3) is 0.767. The maximum Gasteiger partial charge on any atom is 0.303 e. The molecule has 1 aliphatic rings. The van der Waals surface area contributed by atoms with Crippen LogP contribution in [0, 0.1) is 13.8 Å². The Balaban J connectivity index is 0.000000518. The molecule has 1 aromatic rings. The summed E-state index contributed by atoms with van der Waals surface area (Å²) in [6, 6.07) is 4.66. The summed E-state index contributed by atoms with van der Waals surface area (Å²) in [6.45, 7) is 13.7. The van der Waals surface area contributed by atoms with Crippen molar-refractivity contribution in [1.82, 2.24) is 0 Å². The van der Waals surface area contributed by atoms with Crippen molar-refractivity contribution in [3.8, 4) is 0 Å². The second kappa shape index (κ2) is 20.4. The first-order valence-electron chi connectivity index (χ1n) is 14.4. The minimum Gasteiger partial charge on any atom is -0.481 e. The zero-order chi connectivity index (χ0) is 25.7. The van der Waals surface area contributed by atoms with Crippen LogP contribution in [0.2, 0.25) is 0 Å². The Bertz CT molecular complexity index is 649. The molecule has 202 valence electrons. The summed E-state index contributed by atoms with van der Waals surface area (Å²) >= 11 is 0. The zero-order valence-electron chi connectivity index (χ0n) is 23.3. The molecule has 5 nitrogen and oxygen atoms in total. The predicted molar refractivity (Wildman–Crippen MR) is 151 cm³/mol. The molecule has 0 aromatic heterocycles. The van der Waals surface area contributed by atoms with Gasteiger partial charge in [-0.3, -0.25) is 4.79 Å². The monoisotopic (exact) mass is 490 g/mol. The summed E-state index contributed by atoms with van der Waals surface area (Å²) in [6.07, 6.45) is 16.9. The number of nitrogens with zero attached hydrogens (tertiary/aromatic N) is 1. The van der Waals surface area contributed by atoms with E-state index in [4.69, 9.17) is 9.84 Å². The van der Waals surface area contributed by atoms with Crippen LogP contribution < -0.4 is 10.2 Å². The van der Waals surface area contributed by atoms with E-state index in [-0.39, 0.29) is 0 Å². The van der Waals surface area contributed by atoms with Crippen LogP contribution in [0.4, 0.5) is 11.4 Å². The van der Waals surface area contributed by atoms with Crippen LogP contribution >= 0.6 is 0 Å². The molecule has 1 fully saturated rings. The average molecular weight is 491 g/mol. The third kappa shape index (κ3) is 15.1. The van der Waals surface area contributed by atoms with Crippen molar-refractivity contribution in [1.29, 1.82) is 0 Å². The van der Waals surface area contributed by atoms with Crippen LogP contribution in [0.3, 0.4) is 0 Å². The summed E-state index contributed by atoms with van der Waals surface area (Å²) in [4.78, 5) is 12.5. The highest BCUT2D eigenvalue weighted by Gasteiger charge is 2.13. The molecular weight excluding hydrogens is 436 g/mol. The van der Waals surface area contributed by atoms with Crippen molar-refractivity contribution in [3.05, 3.63) is 23.3 Å². The molecule has 0 radical (unpaired) electrons. The fourth-order valence-corrected chi connectivity index (χ4v) is 4.58. The standard InChI is InChI=1S/C22H38N2O.C8H16O2/c1-4-5-6-7-8-9-10-11-12-23-22-19(2)17-21(18-20(22)3)24-13-15-25-16-14-24;1-2-3-4-5-6-7-8(9)10/h17-18,23H,4-16H2,1-3H3;2-7H2,1H3,(H,9,10). The Morgan fingerprint density at radius 2 is 1.31 bits per heavy atom. The number of morpholine rings is 1. The van der Waals surface area contributed by atoms with E-state index in [0.29, 0.717) is 6.42 Å². The summed E-state index contributed by atoms with van der Waals surface area (Å²) in [5.41, 5.74) is 5.40. The summed E-state index contributed by atoms with van der Waals surface area (Å²) in [5.74, 6) is -0.670. The van der Waals surface area contributed by atoms with Crippen molar-refractivity contribution in [2.45, 2.75) is 118 Å². The quantitative estimate of drug-likeness (QED) is 0.216. The third-order valence-electron chi connectivity index (χ3n) is 6.72. The number of nitrogens with one attached hydrogen (secondary N) is 1. The van der Waals surface area contributed by atoms with Gasteiger partial charge in [0.2, 0.25) is 0 Å². The first kappa shape index (κ1) is 31.3. The second-order valence-corrected chi connectivity index (χ2v) is 10.0. The number of carbonyl (C=O) groups is 1. The van der Waals surface area contributed by atoms with Crippen molar-refractivity contribution < 1.29 is 14.6 Å². The van der Waals surface area contributed by atoms with E-state index < -0.39 is 5.97 Å². The van der Waals surface area contributed by atoms with Gasteiger partial charge in [0.15, 0.2) is 0 Å². The molecule has 35 heavy (non-hydrogen) atoms. The summed E-state index contributed by atoms with van der Waals surface area (Å²) in [5, 5.41) is 11.9. The van der Waals surface area contributed by atoms with Gasteiger partial charge >= 0.3 is 5.97 Å². The van der Waals surface area contributed by atoms with Crippen molar-refractivity contribution in [2.24, 2.45) is 0 Å². The van der Waals surface area contributed by atoms with Crippen LogP contribution in [-0.2, 0) is 9.53 Å². The Labute approximate surface area is 216 Å². The average Bonchev–Trinajstić information content (AvgIpc) is 2.85. The smallest absolute Gasteiger partial charge is 0.303 e. The third-order valence-corrected chi connectivity index (χ3v) is 6.72. The van der Waals surface area contributed by atoms with E-state index in [1.165, 1.54) is 93.1 Å². The number of unbranched alkanes of at least 4 members (excludes halogenated alkanes) is 11. The lowest BCUT2D eigenvalue weighted by molar-refractivity contribution is -0.137. The van der Waals surface area contributed by atoms with E-state index in [0.717, 1.165) is 45.7 Å². The summed E-state index contributed by atoms with van der Waals surface area (Å²) < 4.78 is 5.46. The number of hydrogen-bond acceptors (Lipinski definition) is 4. The molecule has 0 unspecified atom stereocenters. The fourth-order valence-electron chi connectivity index (χ4n) is 4.58. The maximum absolute atomic E-state index is 10.0. The van der Waals surface area contributed by atoms with Crippen molar-refractivity contribution in [2.75, 3.05) is 43.1 Å². The van der Waals surface area contributed by atoms with Gasteiger partial charge in [0, 0.05) is 37.4 Å². The largest absolute Gasteiger partial charge is 0.481 e. The minimum atomic E-state index is -0.670. The number of ether oxygens (including phenoxy) is 1. The number of carboxylic acids is 1. The van der Waals surface area contributed by atoms with E-state index in [2.05, 4.69) is 50.0 Å². The lowest BCUT2D eigenvalue weighted by atomic mass is 10.1. The van der Waals surface area contributed by atoms with Gasteiger partial charge in [0.1, 0.15) is 0 Å². The van der Waals surface area contributed by atoms with Gasteiger partial charge in [-0.15, -0.1) is 0 Å². The van der Waals surface area contributed by atoms with Crippen molar-refractivity contribution >= 4 is 17.3 Å². The molecule has 0 amide bonds. The Hall–Kier alpha value is -1.75. The number of rotatable bonds is 17. The topological polar surface area (TPSA) is 61.8 Å². The Morgan fingerprint density at radius 3 is 1.83 bits per heavy atom. The van der Waals surface area contributed by atoms with Crippen LogP contribution in [0.5, 0.6) is 0 Å². The molecule has 0 aliphatic carbocycles. The highest BCUT2D eigenvalue weighted by atomic mass is 16.5. The Kier molecular flexibility index (Phi) is 18.3. The molecule has 1 saturated heterocycles.